The van der Waals surface area contributed by atoms with Gasteiger partial charge in [-0.1, -0.05) is 31.4 Å². The van der Waals surface area contributed by atoms with Crippen LogP contribution in [0.5, 0.6) is 0 Å². The highest BCUT2D eigenvalue weighted by molar-refractivity contribution is 5.92. The van der Waals surface area contributed by atoms with Gasteiger partial charge in [-0.3, -0.25) is 9.59 Å². The van der Waals surface area contributed by atoms with Crippen molar-refractivity contribution < 1.29 is 4.79 Å². The van der Waals surface area contributed by atoms with Crippen molar-refractivity contribution >= 4 is 16.8 Å². The summed E-state index contributed by atoms with van der Waals surface area (Å²) in [7, 11) is 0. The van der Waals surface area contributed by atoms with Crippen LogP contribution in [-0.4, -0.2) is 28.5 Å². The Morgan fingerprint density at radius 1 is 1.30 bits per heavy atom. The van der Waals surface area contributed by atoms with Crippen LogP contribution in [0, 0.1) is 5.92 Å². The topological polar surface area (TPSA) is 101 Å². The maximum absolute atomic E-state index is 12.5. The second-order valence-corrected chi connectivity index (χ2v) is 6.15. The molecule has 1 aliphatic carbocycles. The van der Waals surface area contributed by atoms with Crippen molar-refractivity contribution in [1.29, 1.82) is 0 Å². The zero-order valence-corrected chi connectivity index (χ0v) is 13.0. The average Bonchev–Trinajstić information content (AvgIpc) is 2.60. The van der Waals surface area contributed by atoms with Gasteiger partial charge in [-0.2, -0.15) is 0 Å². The summed E-state index contributed by atoms with van der Waals surface area (Å²) in [6.07, 6.45) is 5.79. The van der Waals surface area contributed by atoms with Crippen molar-refractivity contribution in [2.45, 2.75) is 38.1 Å². The third-order valence-electron chi connectivity index (χ3n) is 4.62. The zero-order chi connectivity index (χ0) is 16.2. The molecule has 0 aliphatic heterocycles. The molecular formula is C17H22N4O2. The van der Waals surface area contributed by atoms with E-state index in [0.29, 0.717) is 23.4 Å². The molecule has 0 radical (unpaired) electrons. The quantitative estimate of drug-likeness (QED) is 0.797. The number of nitrogens with one attached hydrogen (secondary N) is 2. The molecule has 1 amide bonds. The molecule has 1 aromatic carbocycles. The normalized spacial score (nSPS) is 17.1. The van der Waals surface area contributed by atoms with Crippen LogP contribution in [0.25, 0.3) is 10.9 Å². The Bertz CT molecular complexity index is 750. The number of carbonyl (C=O) groups excluding carboxylic acids is 1. The van der Waals surface area contributed by atoms with Crippen LogP contribution in [0.1, 0.15) is 42.7 Å². The first kappa shape index (κ1) is 15.7. The lowest BCUT2D eigenvalue weighted by Gasteiger charge is -2.29. The van der Waals surface area contributed by atoms with E-state index in [1.165, 1.54) is 19.3 Å². The van der Waals surface area contributed by atoms with Crippen LogP contribution in [0.4, 0.5) is 0 Å². The standard InChI is InChI=1S/C17H22N4O2/c18-10-14(11-6-2-1-3-7-11)20-17(23)15-19-13-9-5-4-8-12(13)16(22)21-15/h4-5,8-9,11,14H,1-3,6-7,10,18H2,(H,20,23)(H,19,21,22). The van der Waals surface area contributed by atoms with Crippen molar-refractivity contribution in [3.8, 4) is 0 Å². The summed E-state index contributed by atoms with van der Waals surface area (Å²) >= 11 is 0. The van der Waals surface area contributed by atoms with Gasteiger partial charge in [0, 0.05) is 12.6 Å². The first-order valence-corrected chi connectivity index (χ1v) is 8.19. The van der Waals surface area contributed by atoms with Gasteiger partial charge in [-0.25, -0.2) is 4.98 Å². The lowest BCUT2D eigenvalue weighted by Crippen LogP contribution is -2.46. The predicted molar refractivity (Wildman–Crippen MR) is 89.2 cm³/mol. The predicted octanol–water partition coefficient (Wildman–Crippen LogP) is 1.56. The molecule has 1 aromatic heterocycles. The van der Waals surface area contributed by atoms with Crippen LogP contribution in [0.2, 0.25) is 0 Å². The van der Waals surface area contributed by atoms with Gasteiger partial charge in [0.15, 0.2) is 5.82 Å². The lowest BCUT2D eigenvalue weighted by atomic mass is 9.84. The number of hydrogen-bond donors (Lipinski definition) is 3. The molecule has 0 bridgehead atoms. The minimum absolute atomic E-state index is 0.0444. The van der Waals surface area contributed by atoms with E-state index in [2.05, 4.69) is 15.3 Å². The summed E-state index contributed by atoms with van der Waals surface area (Å²) in [4.78, 5) is 31.3. The van der Waals surface area contributed by atoms with E-state index in [-0.39, 0.29) is 23.3 Å². The highest BCUT2D eigenvalue weighted by Crippen LogP contribution is 2.26. The van der Waals surface area contributed by atoms with Gasteiger partial charge >= 0.3 is 0 Å². The lowest BCUT2D eigenvalue weighted by molar-refractivity contribution is 0.0905. The number of benzene rings is 1. The number of H-pyrrole nitrogens is 1. The number of hydrogen-bond acceptors (Lipinski definition) is 4. The number of amides is 1. The van der Waals surface area contributed by atoms with Crippen molar-refractivity contribution in [2.24, 2.45) is 11.7 Å². The number of nitrogens with two attached hydrogens (primary N) is 1. The summed E-state index contributed by atoms with van der Waals surface area (Å²) in [5, 5.41) is 3.43. The summed E-state index contributed by atoms with van der Waals surface area (Å²) in [6, 6.07) is 6.91. The first-order chi connectivity index (χ1) is 11.2. The zero-order valence-electron chi connectivity index (χ0n) is 13.0. The Morgan fingerprint density at radius 2 is 2.04 bits per heavy atom. The number of rotatable bonds is 4. The summed E-state index contributed by atoms with van der Waals surface area (Å²) in [5.74, 6) is 0.0849. The van der Waals surface area contributed by atoms with Gasteiger partial charge in [0.1, 0.15) is 0 Å². The molecule has 122 valence electrons. The highest BCUT2D eigenvalue weighted by Gasteiger charge is 2.25. The Labute approximate surface area is 134 Å². The second-order valence-electron chi connectivity index (χ2n) is 6.15. The molecule has 6 nitrogen and oxygen atoms in total. The summed E-state index contributed by atoms with van der Waals surface area (Å²) in [6.45, 7) is 0.397. The molecule has 6 heteroatoms. The maximum Gasteiger partial charge on any atom is 0.287 e. The number of para-hydroxylation sites is 1. The molecule has 1 unspecified atom stereocenters. The van der Waals surface area contributed by atoms with Crippen LogP contribution in [0.15, 0.2) is 29.1 Å². The number of carbonyl (C=O) groups is 1. The van der Waals surface area contributed by atoms with Crippen LogP contribution in [0.3, 0.4) is 0 Å². The molecule has 1 fully saturated rings. The van der Waals surface area contributed by atoms with Crippen molar-refractivity contribution in [3.63, 3.8) is 0 Å². The maximum atomic E-state index is 12.5. The first-order valence-electron chi connectivity index (χ1n) is 8.19. The fourth-order valence-electron chi connectivity index (χ4n) is 3.34. The monoisotopic (exact) mass is 314 g/mol. The molecule has 1 heterocycles. The van der Waals surface area contributed by atoms with Crippen molar-refractivity contribution in [1.82, 2.24) is 15.3 Å². The Morgan fingerprint density at radius 3 is 2.78 bits per heavy atom. The third kappa shape index (κ3) is 3.42. The Balaban J connectivity index is 1.80. The molecular weight excluding hydrogens is 292 g/mol. The van der Waals surface area contributed by atoms with Gasteiger partial charge in [0.25, 0.3) is 11.5 Å². The SMILES string of the molecule is NCC(NC(=O)c1nc2ccccc2c(=O)[nH]1)C1CCCCC1. The van der Waals surface area contributed by atoms with Crippen LogP contribution < -0.4 is 16.6 Å². The van der Waals surface area contributed by atoms with Crippen molar-refractivity contribution in [2.75, 3.05) is 6.54 Å². The Hall–Kier alpha value is -2.21. The second kappa shape index (κ2) is 6.91. The van der Waals surface area contributed by atoms with E-state index in [1.807, 2.05) is 0 Å². The third-order valence-corrected chi connectivity index (χ3v) is 4.62. The molecule has 0 spiro atoms. The molecule has 1 aliphatic rings. The fraction of sp³-hybridized carbons (Fsp3) is 0.471. The van der Waals surface area contributed by atoms with Crippen LogP contribution >= 0.6 is 0 Å². The number of nitrogens with zero attached hydrogens (tertiary/aromatic N) is 1. The molecule has 1 saturated carbocycles. The Kier molecular flexibility index (Phi) is 4.71. The van der Waals surface area contributed by atoms with Crippen LogP contribution in [-0.2, 0) is 0 Å². The highest BCUT2D eigenvalue weighted by atomic mass is 16.2. The molecule has 0 saturated heterocycles. The molecule has 1 atom stereocenters. The van der Waals surface area contributed by atoms with Gasteiger partial charge in [-0.05, 0) is 30.9 Å². The smallest absolute Gasteiger partial charge is 0.287 e. The van der Waals surface area contributed by atoms with E-state index >= 15 is 0 Å². The minimum atomic E-state index is -0.367. The number of fused-ring (bicyclic) bond motifs is 1. The van der Waals surface area contributed by atoms with E-state index in [1.54, 1.807) is 24.3 Å². The number of aromatic amines is 1. The van der Waals surface area contributed by atoms with E-state index in [4.69, 9.17) is 5.73 Å². The molecule has 3 rings (SSSR count). The van der Waals surface area contributed by atoms with E-state index in [0.717, 1.165) is 12.8 Å². The van der Waals surface area contributed by atoms with E-state index in [9.17, 15) is 9.59 Å². The average molecular weight is 314 g/mol. The van der Waals surface area contributed by atoms with Gasteiger partial charge < -0.3 is 16.0 Å². The molecule has 4 N–H and O–H groups in total. The van der Waals surface area contributed by atoms with Crippen molar-refractivity contribution in [3.05, 3.63) is 40.4 Å². The van der Waals surface area contributed by atoms with Gasteiger partial charge in [-0.15, -0.1) is 0 Å². The summed E-state index contributed by atoms with van der Waals surface area (Å²) < 4.78 is 0. The molecule has 23 heavy (non-hydrogen) atoms. The summed E-state index contributed by atoms with van der Waals surface area (Å²) in [5.41, 5.74) is 6.06. The minimum Gasteiger partial charge on any atom is -0.345 e. The molecule has 2 aromatic rings. The van der Waals surface area contributed by atoms with Gasteiger partial charge in [0.05, 0.1) is 10.9 Å². The number of aromatic nitrogens is 2. The largest absolute Gasteiger partial charge is 0.345 e. The van der Waals surface area contributed by atoms with E-state index < -0.39 is 0 Å². The fourth-order valence-corrected chi connectivity index (χ4v) is 3.34. The van der Waals surface area contributed by atoms with Gasteiger partial charge in [0.2, 0.25) is 0 Å².